The molecule has 2 fully saturated rings. The second-order valence-electron chi connectivity index (χ2n) is 9.11. The number of para-hydroxylation sites is 1. The molecule has 1 unspecified atom stereocenters. The zero-order chi connectivity index (χ0) is 23.1. The predicted molar refractivity (Wildman–Crippen MR) is 131 cm³/mol. The first-order chi connectivity index (χ1) is 16.7. The number of nitrogens with zero attached hydrogens (tertiary/aromatic N) is 3. The van der Waals surface area contributed by atoms with Crippen molar-refractivity contribution in [2.45, 2.75) is 49.3 Å². The lowest BCUT2D eigenvalue weighted by atomic mass is 10.0. The number of hydrogen-bond acceptors (Lipinski definition) is 6. The summed E-state index contributed by atoms with van der Waals surface area (Å²) in [6.45, 7) is 2.04. The Kier molecular flexibility index (Phi) is 5.69. The predicted octanol–water partition coefficient (Wildman–Crippen LogP) is 4.35. The van der Waals surface area contributed by atoms with E-state index in [1.54, 1.807) is 4.57 Å². The Morgan fingerprint density at radius 3 is 2.71 bits per heavy atom. The maximum Gasteiger partial charge on any atom is 0.262 e. The molecule has 1 amide bonds. The first-order valence-electron chi connectivity index (χ1n) is 12.0. The van der Waals surface area contributed by atoms with Crippen molar-refractivity contribution in [3.63, 3.8) is 0 Å². The molecular formula is C26H27N3O4S. The Morgan fingerprint density at radius 1 is 1.03 bits per heavy atom. The van der Waals surface area contributed by atoms with E-state index in [1.807, 2.05) is 47.4 Å². The van der Waals surface area contributed by atoms with Crippen molar-refractivity contribution in [1.82, 2.24) is 14.5 Å². The summed E-state index contributed by atoms with van der Waals surface area (Å²) >= 11 is 1.38. The van der Waals surface area contributed by atoms with Gasteiger partial charge in [-0.1, -0.05) is 30.0 Å². The maximum atomic E-state index is 13.3. The molecule has 1 aromatic heterocycles. The van der Waals surface area contributed by atoms with Crippen LogP contribution in [-0.4, -0.2) is 45.9 Å². The van der Waals surface area contributed by atoms with Gasteiger partial charge in [0.2, 0.25) is 5.91 Å². The summed E-state index contributed by atoms with van der Waals surface area (Å²) in [5.74, 6) is 1.87. The van der Waals surface area contributed by atoms with Crippen molar-refractivity contribution in [3.05, 3.63) is 58.4 Å². The van der Waals surface area contributed by atoms with Gasteiger partial charge in [0.25, 0.3) is 5.56 Å². The normalized spacial score (nSPS) is 19.9. The molecule has 34 heavy (non-hydrogen) atoms. The minimum absolute atomic E-state index is 0.00528. The average molecular weight is 478 g/mol. The highest BCUT2D eigenvalue weighted by atomic mass is 32.2. The number of fused-ring (bicyclic) bond motifs is 2. The Bertz CT molecular complexity index is 1300. The molecule has 3 heterocycles. The second kappa shape index (κ2) is 8.98. The van der Waals surface area contributed by atoms with Gasteiger partial charge in [-0.05, 0) is 55.5 Å². The van der Waals surface area contributed by atoms with Crippen molar-refractivity contribution in [2.75, 3.05) is 25.5 Å². The standard InChI is InChI=1S/C26H27N3O4S/c30-24(16-34-26-27-20-6-2-1-5-19(20)25(31)29(26)18-9-10-18)28-12-3-7-21(28)17-8-11-22-23(15-17)33-14-4-13-32-22/h1-2,5-6,8,11,15,18,21H,3-4,7,9-10,12-14,16H2. The SMILES string of the molecule is O=C(CSc1nc2ccccc2c(=O)n1C1CC1)N1CCCC1c1ccc2c(c1)OCCCO2. The Balaban J connectivity index is 1.22. The molecule has 2 aliphatic heterocycles. The minimum atomic E-state index is -0.00528. The van der Waals surface area contributed by atoms with Crippen LogP contribution in [0.4, 0.5) is 0 Å². The smallest absolute Gasteiger partial charge is 0.262 e. The molecule has 0 radical (unpaired) electrons. The molecule has 176 valence electrons. The highest BCUT2D eigenvalue weighted by Crippen LogP contribution is 2.39. The molecule has 0 bridgehead atoms. The molecule has 0 N–H and O–H groups in total. The average Bonchev–Trinajstić information content (AvgIpc) is 3.62. The number of carbonyl (C=O) groups excluding carboxylic acids is 1. The molecule has 3 aromatic rings. The Hall–Kier alpha value is -3.00. The van der Waals surface area contributed by atoms with Crippen molar-refractivity contribution in [1.29, 1.82) is 0 Å². The fourth-order valence-corrected chi connectivity index (χ4v) is 5.84. The topological polar surface area (TPSA) is 73.7 Å². The third kappa shape index (κ3) is 4.04. The largest absolute Gasteiger partial charge is 0.490 e. The van der Waals surface area contributed by atoms with E-state index in [1.165, 1.54) is 11.8 Å². The molecule has 7 nitrogen and oxygen atoms in total. The molecule has 8 heteroatoms. The number of benzene rings is 2. The highest BCUT2D eigenvalue weighted by molar-refractivity contribution is 7.99. The van der Waals surface area contributed by atoms with E-state index < -0.39 is 0 Å². The summed E-state index contributed by atoms with van der Waals surface area (Å²) in [7, 11) is 0. The fourth-order valence-electron chi connectivity index (χ4n) is 4.89. The van der Waals surface area contributed by atoms with Crippen LogP contribution in [0.15, 0.2) is 52.4 Å². The van der Waals surface area contributed by atoms with Crippen LogP contribution in [0, 0.1) is 0 Å². The van der Waals surface area contributed by atoms with Crippen LogP contribution in [0.3, 0.4) is 0 Å². The molecule has 2 aromatic carbocycles. The summed E-state index contributed by atoms with van der Waals surface area (Å²) in [6, 6.07) is 13.7. The number of ether oxygens (including phenoxy) is 2. The van der Waals surface area contributed by atoms with Gasteiger partial charge in [0.15, 0.2) is 16.7 Å². The van der Waals surface area contributed by atoms with Crippen LogP contribution in [-0.2, 0) is 4.79 Å². The molecule has 1 saturated heterocycles. The van der Waals surface area contributed by atoms with E-state index in [-0.39, 0.29) is 29.3 Å². The van der Waals surface area contributed by atoms with Crippen LogP contribution in [0.2, 0.25) is 0 Å². The van der Waals surface area contributed by atoms with Crippen LogP contribution < -0.4 is 15.0 Å². The van der Waals surface area contributed by atoms with Gasteiger partial charge in [0, 0.05) is 19.0 Å². The quantitative estimate of drug-likeness (QED) is 0.402. The third-order valence-electron chi connectivity index (χ3n) is 6.74. The van der Waals surface area contributed by atoms with Crippen molar-refractivity contribution in [3.8, 4) is 11.5 Å². The third-order valence-corrected chi connectivity index (χ3v) is 7.68. The molecule has 1 saturated carbocycles. The summed E-state index contributed by atoms with van der Waals surface area (Å²) in [4.78, 5) is 33.1. The summed E-state index contributed by atoms with van der Waals surface area (Å²) in [6.07, 6.45) is 4.73. The van der Waals surface area contributed by atoms with Gasteiger partial charge in [-0.15, -0.1) is 0 Å². The number of thioether (sulfide) groups is 1. The number of rotatable bonds is 5. The van der Waals surface area contributed by atoms with Gasteiger partial charge < -0.3 is 14.4 Å². The van der Waals surface area contributed by atoms with E-state index in [9.17, 15) is 9.59 Å². The lowest BCUT2D eigenvalue weighted by Gasteiger charge is -2.26. The number of hydrogen-bond donors (Lipinski definition) is 0. The first kappa shape index (κ1) is 21.5. The maximum absolute atomic E-state index is 13.3. The monoisotopic (exact) mass is 477 g/mol. The van der Waals surface area contributed by atoms with Gasteiger partial charge in [-0.3, -0.25) is 14.2 Å². The van der Waals surface area contributed by atoms with Gasteiger partial charge >= 0.3 is 0 Å². The molecule has 6 rings (SSSR count). The lowest BCUT2D eigenvalue weighted by Crippen LogP contribution is -2.32. The van der Waals surface area contributed by atoms with E-state index >= 15 is 0 Å². The number of amides is 1. The number of aromatic nitrogens is 2. The summed E-state index contributed by atoms with van der Waals surface area (Å²) in [5.41, 5.74) is 1.76. The first-order valence-corrected chi connectivity index (χ1v) is 13.0. The minimum Gasteiger partial charge on any atom is -0.490 e. The summed E-state index contributed by atoms with van der Waals surface area (Å²) < 4.78 is 13.4. The summed E-state index contributed by atoms with van der Waals surface area (Å²) in [5, 5.41) is 1.28. The Labute approximate surface area is 202 Å². The van der Waals surface area contributed by atoms with E-state index in [2.05, 4.69) is 0 Å². The lowest BCUT2D eigenvalue weighted by molar-refractivity contribution is -0.129. The second-order valence-corrected chi connectivity index (χ2v) is 10.1. The molecule has 1 aliphatic carbocycles. The molecule has 0 spiro atoms. The van der Waals surface area contributed by atoms with E-state index in [4.69, 9.17) is 14.5 Å². The number of likely N-dealkylation sites (tertiary alicyclic amines) is 1. The van der Waals surface area contributed by atoms with Crippen molar-refractivity contribution in [2.24, 2.45) is 0 Å². The zero-order valence-electron chi connectivity index (χ0n) is 18.9. The molecule has 1 atom stereocenters. The van der Waals surface area contributed by atoms with E-state index in [0.29, 0.717) is 29.3 Å². The molecular weight excluding hydrogens is 450 g/mol. The highest BCUT2D eigenvalue weighted by Gasteiger charge is 2.32. The number of carbonyl (C=O) groups is 1. The van der Waals surface area contributed by atoms with Crippen molar-refractivity contribution >= 4 is 28.6 Å². The zero-order valence-corrected chi connectivity index (χ0v) is 19.8. The fraction of sp³-hybridized carbons (Fsp3) is 0.423. The van der Waals surface area contributed by atoms with Gasteiger partial charge in [-0.2, -0.15) is 0 Å². The Morgan fingerprint density at radius 2 is 1.85 bits per heavy atom. The van der Waals surface area contributed by atoms with Gasteiger partial charge in [-0.25, -0.2) is 4.98 Å². The van der Waals surface area contributed by atoms with Gasteiger partial charge in [0.05, 0.1) is 35.9 Å². The molecule has 3 aliphatic rings. The van der Waals surface area contributed by atoms with Crippen LogP contribution >= 0.6 is 11.8 Å². The van der Waals surface area contributed by atoms with Crippen LogP contribution in [0.25, 0.3) is 10.9 Å². The van der Waals surface area contributed by atoms with Crippen LogP contribution in [0.5, 0.6) is 11.5 Å². The van der Waals surface area contributed by atoms with Crippen LogP contribution in [0.1, 0.15) is 49.8 Å². The van der Waals surface area contributed by atoms with E-state index in [0.717, 1.165) is 55.7 Å². The van der Waals surface area contributed by atoms with Gasteiger partial charge in [0.1, 0.15) is 0 Å². The van der Waals surface area contributed by atoms with Crippen molar-refractivity contribution < 1.29 is 14.3 Å².